The Kier molecular flexibility index (Phi) is 7.12. The molecule has 0 radical (unpaired) electrons. The van der Waals surface area contributed by atoms with Crippen molar-refractivity contribution in [3.63, 3.8) is 0 Å². The van der Waals surface area contributed by atoms with Gasteiger partial charge in [-0.2, -0.15) is 0 Å². The molecule has 10 heteroatoms. The molecule has 0 saturated heterocycles. The highest BCUT2D eigenvalue weighted by atomic mass is 19.1. The lowest BCUT2D eigenvalue weighted by molar-refractivity contribution is -0.115. The van der Waals surface area contributed by atoms with E-state index in [1.54, 1.807) is 36.5 Å². The summed E-state index contributed by atoms with van der Waals surface area (Å²) in [5.41, 5.74) is 2.22. The summed E-state index contributed by atoms with van der Waals surface area (Å²) in [7, 11) is 0. The van der Waals surface area contributed by atoms with E-state index in [-0.39, 0.29) is 17.2 Å². The zero-order valence-corrected chi connectivity index (χ0v) is 18.6. The highest BCUT2D eigenvalue weighted by molar-refractivity contribution is 6.12. The first-order chi connectivity index (χ1) is 17.4. The Labute approximate surface area is 204 Å². The Morgan fingerprint density at radius 1 is 0.917 bits per heavy atom. The Morgan fingerprint density at radius 3 is 2.39 bits per heavy atom. The van der Waals surface area contributed by atoms with Crippen LogP contribution in [0.4, 0.5) is 20.6 Å². The van der Waals surface area contributed by atoms with Crippen LogP contribution in [0.3, 0.4) is 0 Å². The average Bonchev–Trinajstić information content (AvgIpc) is 3.40. The van der Waals surface area contributed by atoms with Crippen LogP contribution < -0.4 is 10.6 Å². The van der Waals surface area contributed by atoms with Crippen LogP contribution in [-0.2, 0) is 4.79 Å². The van der Waals surface area contributed by atoms with Crippen molar-refractivity contribution in [1.82, 2.24) is 15.0 Å². The number of ketones is 1. The molecule has 0 aliphatic rings. The third-order valence-corrected chi connectivity index (χ3v) is 4.91. The van der Waals surface area contributed by atoms with E-state index in [9.17, 15) is 18.8 Å². The van der Waals surface area contributed by atoms with E-state index in [1.165, 1.54) is 47.3 Å². The maximum absolute atomic E-state index is 13.1. The summed E-state index contributed by atoms with van der Waals surface area (Å²) in [6.45, 7) is 0. The predicted octanol–water partition coefficient (Wildman–Crippen LogP) is 4.11. The third-order valence-electron chi connectivity index (χ3n) is 4.91. The molecule has 4 rings (SSSR count). The first kappa shape index (κ1) is 23.8. The van der Waals surface area contributed by atoms with Gasteiger partial charge in [0.1, 0.15) is 5.82 Å². The second-order valence-corrected chi connectivity index (χ2v) is 7.49. The quantitative estimate of drug-likeness (QED) is 0.215. The summed E-state index contributed by atoms with van der Waals surface area (Å²) in [5, 5.41) is 21.5. The van der Waals surface area contributed by atoms with Gasteiger partial charge in [-0.1, -0.05) is 29.2 Å². The van der Waals surface area contributed by atoms with Gasteiger partial charge < -0.3 is 10.4 Å². The van der Waals surface area contributed by atoms with E-state index in [1.807, 2.05) is 0 Å². The van der Waals surface area contributed by atoms with Gasteiger partial charge in [-0.15, -0.1) is 5.10 Å². The highest BCUT2D eigenvalue weighted by Crippen LogP contribution is 2.24. The van der Waals surface area contributed by atoms with Crippen LogP contribution in [0, 0.1) is 17.7 Å². The molecule has 0 bridgehead atoms. The summed E-state index contributed by atoms with van der Waals surface area (Å²) in [5.74, 6) is 4.30. The molecule has 9 nitrogen and oxygen atoms in total. The van der Waals surface area contributed by atoms with Gasteiger partial charge in [0.15, 0.2) is 5.78 Å². The van der Waals surface area contributed by atoms with Crippen molar-refractivity contribution in [3.05, 3.63) is 102 Å². The number of halogens is 1. The number of carbonyl (C=O) groups excluding carboxylic acids is 2. The Morgan fingerprint density at radius 2 is 1.67 bits per heavy atom. The molecule has 0 saturated carbocycles. The zero-order chi connectivity index (χ0) is 25.5. The minimum Gasteiger partial charge on any atom is -0.465 e. The van der Waals surface area contributed by atoms with Crippen LogP contribution >= 0.6 is 0 Å². The minimum atomic E-state index is -1.32. The van der Waals surface area contributed by atoms with E-state index in [0.717, 1.165) is 0 Å². The third kappa shape index (κ3) is 6.18. The van der Waals surface area contributed by atoms with Crippen molar-refractivity contribution in [2.45, 2.75) is 6.42 Å². The lowest BCUT2D eigenvalue weighted by Crippen LogP contribution is -2.18. The molecule has 0 spiro atoms. The van der Waals surface area contributed by atoms with Gasteiger partial charge in [-0.25, -0.2) is 13.9 Å². The lowest BCUT2D eigenvalue weighted by atomic mass is 10.1. The minimum absolute atomic E-state index is 0.115. The van der Waals surface area contributed by atoms with Crippen molar-refractivity contribution in [1.29, 1.82) is 0 Å². The van der Waals surface area contributed by atoms with E-state index < -0.39 is 24.2 Å². The lowest BCUT2D eigenvalue weighted by Gasteiger charge is -2.11. The number of nitrogens with zero attached hydrogens (tertiary/aromatic N) is 3. The van der Waals surface area contributed by atoms with Crippen molar-refractivity contribution in [3.8, 4) is 17.5 Å². The first-order valence-electron chi connectivity index (χ1n) is 10.6. The number of carboxylic acid groups (broad SMARTS) is 1. The topological polar surface area (TPSA) is 126 Å². The normalized spacial score (nSPS) is 10.1. The standard InChI is InChI=1S/C26H18FN5O4/c27-20-9-6-17(7-10-20)4-5-18-8-11-22(30-26(35)36)23(14-18)29-25(34)16-24(33)19-2-1-3-21(15-19)32-13-12-28-31-32/h1-3,6-15,30H,16H2,(H,29,34)(H,35,36). The van der Waals surface area contributed by atoms with E-state index >= 15 is 0 Å². The molecule has 1 aromatic heterocycles. The Bertz CT molecular complexity index is 1490. The van der Waals surface area contributed by atoms with Crippen molar-refractivity contribution in [2.24, 2.45) is 0 Å². The van der Waals surface area contributed by atoms with Crippen molar-refractivity contribution < 1.29 is 23.9 Å². The fourth-order valence-electron chi connectivity index (χ4n) is 3.24. The number of benzene rings is 3. The number of hydrogen-bond acceptors (Lipinski definition) is 5. The first-order valence-corrected chi connectivity index (χ1v) is 10.6. The van der Waals surface area contributed by atoms with Gasteiger partial charge in [-0.05, 0) is 54.6 Å². The fraction of sp³-hybridized carbons (Fsp3) is 0.0385. The summed E-state index contributed by atoms with van der Waals surface area (Å²) in [6, 6.07) is 16.7. The molecule has 0 aliphatic heterocycles. The molecule has 178 valence electrons. The summed E-state index contributed by atoms with van der Waals surface area (Å²) >= 11 is 0. The van der Waals surface area contributed by atoms with Crippen LogP contribution in [0.5, 0.6) is 0 Å². The molecular formula is C26H18FN5O4. The zero-order valence-electron chi connectivity index (χ0n) is 18.6. The number of rotatable bonds is 6. The van der Waals surface area contributed by atoms with Gasteiger partial charge in [0.05, 0.1) is 35.9 Å². The SMILES string of the molecule is O=C(O)Nc1ccc(C#Cc2ccc(F)cc2)cc1NC(=O)CC(=O)c1cccc(-n2ccnn2)c1. The molecule has 4 aromatic rings. The summed E-state index contributed by atoms with van der Waals surface area (Å²) in [4.78, 5) is 36.6. The van der Waals surface area contributed by atoms with E-state index in [0.29, 0.717) is 22.4 Å². The second-order valence-electron chi connectivity index (χ2n) is 7.49. The molecule has 0 aliphatic carbocycles. The average molecular weight is 483 g/mol. The number of carbonyl (C=O) groups is 3. The van der Waals surface area contributed by atoms with Gasteiger partial charge >= 0.3 is 6.09 Å². The van der Waals surface area contributed by atoms with E-state index in [2.05, 4.69) is 32.8 Å². The molecule has 3 N–H and O–H groups in total. The van der Waals surface area contributed by atoms with Crippen LogP contribution in [-0.4, -0.2) is 37.9 Å². The van der Waals surface area contributed by atoms with Gasteiger partial charge in [0.2, 0.25) is 5.91 Å². The molecule has 0 unspecified atom stereocenters. The molecule has 0 atom stereocenters. The van der Waals surface area contributed by atoms with Gasteiger partial charge in [-0.3, -0.25) is 14.9 Å². The molecule has 1 heterocycles. The number of aromatic nitrogens is 3. The van der Waals surface area contributed by atoms with Gasteiger partial charge in [0.25, 0.3) is 0 Å². The fourth-order valence-corrected chi connectivity index (χ4v) is 3.24. The number of Topliss-reactive ketones (excluding diaryl/α,β-unsaturated/α-hetero) is 1. The summed E-state index contributed by atoms with van der Waals surface area (Å²) < 4.78 is 14.6. The molecule has 3 aromatic carbocycles. The molecular weight excluding hydrogens is 465 g/mol. The predicted molar refractivity (Wildman–Crippen MR) is 129 cm³/mol. The molecule has 2 amide bonds. The number of hydrogen-bond donors (Lipinski definition) is 3. The Balaban J connectivity index is 1.51. The number of anilines is 2. The van der Waals surface area contributed by atoms with Crippen molar-refractivity contribution in [2.75, 3.05) is 10.6 Å². The Hall–Kier alpha value is -5.30. The van der Waals surface area contributed by atoms with Crippen LogP contribution in [0.15, 0.2) is 79.1 Å². The monoisotopic (exact) mass is 483 g/mol. The smallest absolute Gasteiger partial charge is 0.409 e. The van der Waals surface area contributed by atoms with Crippen LogP contribution in [0.2, 0.25) is 0 Å². The van der Waals surface area contributed by atoms with E-state index in [4.69, 9.17) is 5.11 Å². The second kappa shape index (κ2) is 10.8. The number of amides is 2. The van der Waals surface area contributed by atoms with Crippen molar-refractivity contribution >= 4 is 29.2 Å². The number of nitrogens with one attached hydrogen (secondary N) is 2. The molecule has 0 fully saturated rings. The van der Waals surface area contributed by atoms with Gasteiger partial charge in [0, 0.05) is 16.7 Å². The largest absolute Gasteiger partial charge is 0.465 e. The maximum atomic E-state index is 13.1. The maximum Gasteiger partial charge on any atom is 0.409 e. The molecule has 36 heavy (non-hydrogen) atoms. The van der Waals surface area contributed by atoms with Crippen LogP contribution in [0.1, 0.15) is 27.9 Å². The van der Waals surface area contributed by atoms with Crippen LogP contribution in [0.25, 0.3) is 5.69 Å². The summed E-state index contributed by atoms with van der Waals surface area (Å²) in [6.07, 6.45) is 1.33. The highest BCUT2D eigenvalue weighted by Gasteiger charge is 2.15.